The predicted octanol–water partition coefficient (Wildman–Crippen LogP) is 1.89. The molecule has 1 atom stereocenters. The lowest BCUT2D eigenvalue weighted by molar-refractivity contribution is 0.268. The minimum atomic E-state index is -0.545. The molecule has 0 amide bonds. The van der Waals surface area contributed by atoms with Crippen LogP contribution in [0, 0.1) is 5.82 Å². The highest BCUT2D eigenvalue weighted by Gasteiger charge is 2.06. The van der Waals surface area contributed by atoms with Crippen molar-refractivity contribution in [2.45, 2.75) is 6.04 Å². The molecule has 0 aliphatic carbocycles. The van der Waals surface area contributed by atoms with Crippen LogP contribution < -0.4 is 5.73 Å². The highest BCUT2D eigenvalue weighted by molar-refractivity contribution is 6.30. The highest BCUT2D eigenvalue weighted by atomic mass is 35.5. The van der Waals surface area contributed by atoms with Crippen molar-refractivity contribution in [3.63, 3.8) is 0 Å². The fourth-order valence-electron chi connectivity index (χ4n) is 0.848. The smallest absolute Gasteiger partial charge is 0.142 e. The van der Waals surface area contributed by atoms with E-state index in [4.69, 9.17) is 22.4 Å². The molecule has 1 aromatic carbocycles. The second-order valence-electron chi connectivity index (χ2n) is 2.46. The molecule has 74 valence electrons. The first-order valence-corrected chi connectivity index (χ1v) is 3.84. The minimum Gasteiger partial charge on any atom is -0.394 e. The second kappa shape index (κ2) is 5.40. The number of hydrogen-bond donors (Lipinski definition) is 2. The summed E-state index contributed by atoms with van der Waals surface area (Å²) in [7, 11) is 0. The zero-order valence-electron chi connectivity index (χ0n) is 6.71. The van der Waals surface area contributed by atoms with Gasteiger partial charge in [0.25, 0.3) is 0 Å². The van der Waals surface area contributed by atoms with Gasteiger partial charge in [0.15, 0.2) is 0 Å². The average molecular weight is 226 g/mol. The Balaban J connectivity index is 0.00000144. The summed E-state index contributed by atoms with van der Waals surface area (Å²) in [6.07, 6.45) is 0. The van der Waals surface area contributed by atoms with Gasteiger partial charge in [-0.05, 0) is 17.7 Å². The molecule has 0 fully saturated rings. The first-order valence-electron chi connectivity index (χ1n) is 3.46. The van der Waals surface area contributed by atoms with Crippen molar-refractivity contribution in [2.24, 2.45) is 5.73 Å². The summed E-state index contributed by atoms with van der Waals surface area (Å²) >= 11 is 5.45. The van der Waals surface area contributed by atoms with Gasteiger partial charge in [0, 0.05) is 0 Å². The highest BCUT2D eigenvalue weighted by Crippen LogP contribution is 2.18. The number of benzene rings is 1. The van der Waals surface area contributed by atoms with E-state index in [1.165, 1.54) is 12.1 Å². The van der Waals surface area contributed by atoms with Crippen LogP contribution in [-0.2, 0) is 0 Å². The van der Waals surface area contributed by atoms with Crippen LogP contribution in [0.4, 0.5) is 4.39 Å². The van der Waals surface area contributed by atoms with Crippen LogP contribution in [0.5, 0.6) is 0 Å². The molecule has 13 heavy (non-hydrogen) atoms. The van der Waals surface area contributed by atoms with Crippen molar-refractivity contribution in [3.8, 4) is 0 Å². The third-order valence-electron chi connectivity index (χ3n) is 1.57. The van der Waals surface area contributed by atoms with E-state index in [1.54, 1.807) is 6.07 Å². The van der Waals surface area contributed by atoms with Gasteiger partial charge >= 0.3 is 0 Å². The van der Waals surface area contributed by atoms with E-state index in [2.05, 4.69) is 0 Å². The molecule has 0 unspecified atom stereocenters. The van der Waals surface area contributed by atoms with Gasteiger partial charge in [-0.2, -0.15) is 0 Å². The zero-order valence-corrected chi connectivity index (χ0v) is 8.28. The lowest BCUT2D eigenvalue weighted by Gasteiger charge is -2.08. The van der Waals surface area contributed by atoms with Crippen molar-refractivity contribution in [3.05, 3.63) is 34.6 Å². The molecule has 0 aromatic heterocycles. The van der Waals surface area contributed by atoms with Crippen LogP contribution in [-0.4, -0.2) is 11.7 Å². The fourth-order valence-corrected chi connectivity index (χ4v) is 0.966. The summed E-state index contributed by atoms with van der Waals surface area (Å²) in [5.74, 6) is -0.516. The van der Waals surface area contributed by atoms with E-state index in [0.29, 0.717) is 5.56 Å². The Morgan fingerprint density at radius 3 is 2.62 bits per heavy atom. The summed E-state index contributed by atoms with van der Waals surface area (Å²) < 4.78 is 12.8. The Morgan fingerprint density at radius 2 is 2.15 bits per heavy atom. The van der Waals surface area contributed by atoms with Crippen molar-refractivity contribution in [1.82, 2.24) is 0 Å². The Bertz CT molecular complexity index is 283. The first kappa shape index (κ1) is 12.7. The van der Waals surface area contributed by atoms with Crippen LogP contribution in [0.2, 0.25) is 5.02 Å². The molecule has 1 rings (SSSR count). The number of rotatable bonds is 2. The molecule has 0 saturated heterocycles. The van der Waals surface area contributed by atoms with E-state index in [9.17, 15) is 4.39 Å². The molecule has 0 aliphatic heterocycles. The van der Waals surface area contributed by atoms with Gasteiger partial charge in [0.2, 0.25) is 0 Å². The predicted molar refractivity (Wildman–Crippen MR) is 52.7 cm³/mol. The maximum Gasteiger partial charge on any atom is 0.142 e. The molecule has 0 spiro atoms. The molecule has 0 bridgehead atoms. The van der Waals surface area contributed by atoms with Gasteiger partial charge < -0.3 is 10.8 Å². The Kier molecular flexibility index (Phi) is 5.25. The van der Waals surface area contributed by atoms with Crippen molar-refractivity contribution >= 4 is 24.0 Å². The van der Waals surface area contributed by atoms with E-state index in [-0.39, 0.29) is 24.0 Å². The number of aliphatic hydroxyl groups excluding tert-OH is 1. The summed E-state index contributed by atoms with van der Waals surface area (Å²) in [5.41, 5.74) is 5.99. The zero-order chi connectivity index (χ0) is 9.14. The molecular weight excluding hydrogens is 216 g/mol. The largest absolute Gasteiger partial charge is 0.394 e. The number of halogens is 3. The third-order valence-corrected chi connectivity index (χ3v) is 1.88. The second-order valence-corrected chi connectivity index (χ2v) is 2.87. The first-order chi connectivity index (χ1) is 5.65. The fraction of sp³-hybridized carbons (Fsp3) is 0.250. The molecule has 0 heterocycles. The number of aliphatic hydroxyl groups is 1. The lowest BCUT2D eigenvalue weighted by Crippen LogP contribution is -2.14. The molecule has 0 radical (unpaired) electrons. The van der Waals surface area contributed by atoms with Crippen LogP contribution in [0.3, 0.4) is 0 Å². The minimum absolute atomic E-state index is 0. The topological polar surface area (TPSA) is 46.2 Å². The van der Waals surface area contributed by atoms with Gasteiger partial charge in [-0.3, -0.25) is 0 Å². The molecule has 5 heteroatoms. The van der Waals surface area contributed by atoms with Crippen LogP contribution in [0.15, 0.2) is 18.2 Å². The Hall–Kier alpha value is -0.350. The Morgan fingerprint density at radius 1 is 1.54 bits per heavy atom. The standard InChI is InChI=1S/C8H9ClFNO.ClH/c9-6-2-1-5(3-7(6)10)8(11)4-12;/h1-3,8,12H,4,11H2;1H/t8-;/m1./s1. The molecule has 2 nitrogen and oxygen atoms in total. The third kappa shape index (κ3) is 3.12. The Labute approximate surface area is 86.9 Å². The molecule has 1 aromatic rings. The van der Waals surface area contributed by atoms with Crippen molar-refractivity contribution in [1.29, 1.82) is 0 Å². The van der Waals surface area contributed by atoms with E-state index in [1.807, 2.05) is 0 Å². The molecular formula is C8H10Cl2FNO. The monoisotopic (exact) mass is 225 g/mol. The average Bonchev–Trinajstić information content (AvgIpc) is 2.08. The molecule has 0 saturated carbocycles. The number of nitrogens with two attached hydrogens (primary N) is 1. The van der Waals surface area contributed by atoms with Crippen LogP contribution in [0.1, 0.15) is 11.6 Å². The maximum absolute atomic E-state index is 12.8. The lowest BCUT2D eigenvalue weighted by atomic mass is 10.1. The summed E-state index contributed by atoms with van der Waals surface area (Å²) in [5, 5.41) is 8.73. The normalized spacial score (nSPS) is 12.0. The van der Waals surface area contributed by atoms with E-state index in [0.717, 1.165) is 0 Å². The van der Waals surface area contributed by atoms with E-state index >= 15 is 0 Å². The summed E-state index contributed by atoms with van der Waals surface area (Å²) in [6.45, 7) is -0.207. The van der Waals surface area contributed by atoms with Gasteiger partial charge in [-0.25, -0.2) is 4.39 Å². The van der Waals surface area contributed by atoms with Crippen LogP contribution in [0.25, 0.3) is 0 Å². The van der Waals surface area contributed by atoms with Gasteiger partial charge in [0.05, 0.1) is 17.7 Å². The SMILES string of the molecule is Cl.N[C@H](CO)c1ccc(Cl)c(F)c1. The van der Waals surface area contributed by atoms with Gasteiger partial charge in [-0.15, -0.1) is 12.4 Å². The van der Waals surface area contributed by atoms with Gasteiger partial charge in [0.1, 0.15) is 5.82 Å². The number of hydrogen-bond acceptors (Lipinski definition) is 2. The summed E-state index contributed by atoms with van der Waals surface area (Å²) in [4.78, 5) is 0. The van der Waals surface area contributed by atoms with E-state index < -0.39 is 11.9 Å². The maximum atomic E-state index is 12.8. The van der Waals surface area contributed by atoms with Crippen molar-refractivity contribution in [2.75, 3.05) is 6.61 Å². The molecule has 3 N–H and O–H groups in total. The van der Waals surface area contributed by atoms with Crippen LogP contribution >= 0.6 is 24.0 Å². The quantitative estimate of drug-likeness (QED) is 0.808. The van der Waals surface area contributed by atoms with Gasteiger partial charge in [-0.1, -0.05) is 17.7 Å². The van der Waals surface area contributed by atoms with Crippen molar-refractivity contribution < 1.29 is 9.50 Å². The molecule has 0 aliphatic rings. The summed E-state index contributed by atoms with van der Waals surface area (Å²) in [6, 6.07) is 3.69.